The zero-order valence-electron chi connectivity index (χ0n) is 11.9. The predicted octanol–water partition coefficient (Wildman–Crippen LogP) is 2.58. The number of nitrogens with zero attached hydrogens (tertiary/aromatic N) is 1. The highest BCUT2D eigenvalue weighted by Crippen LogP contribution is 2.26. The summed E-state index contributed by atoms with van der Waals surface area (Å²) in [5.41, 5.74) is 1.70. The minimum atomic E-state index is -0.557. The largest absolute Gasteiger partial charge is 0.496 e. The molecule has 0 aromatic heterocycles. The van der Waals surface area contributed by atoms with Crippen LogP contribution in [0.2, 0.25) is 0 Å². The van der Waals surface area contributed by atoms with Crippen molar-refractivity contribution in [3.05, 3.63) is 65.7 Å². The smallest absolute Gasteiger partial charge is 0.125 e. The number of ether oxygens (including phenoxy) is 1. The van der Waals surface area contributed by atoms with Crippen molar-refractivity contribution in [3.63, 3.8) is 0 Å². The molecule has 2 aromatic carbocycles. The first kappa shape index (κ1) is 15.0. The molecule has 0 aliphatic rings. The lowest BCUT2D eigenvalue weighted by molar-refractivity contribution is 0.239. The molecule has 0 unspecified atom stereocenters. The Kier molecular flexibility index (Phi) is 5.33. The van der Waals surface area contributed by atoms with Gasteiger partial charge in [-0.1, -0.05) is 48.5 Å². The van der Waals surface area contributed by atoms with E-state index in [1.807, 2.05) is 54.6 Å². The van der Waals surface area contributed by atoms with Crippen LogP contribution in [0.25, 0.3) is 0 Å². The highest BCUT2D eigenvalue weighted by molar-refractivity contribution is 5.39. The van der Waals surface area contributed by atoms with Gasteiger partial charge in [0.2, 0.25) is 0 Å². The van der Waals surface area contributed by atoms with E-state index in [0.717, 1.165) is 11.1 Å². The quantitative estimate of drug-likeness (QED) is 0.854. The van der Waals surface area contributed by atoms with E-state index in [4.69, 9.17) is 4.74 Å². The Morgan fingerprint density at radius 3 is 2.43 bits per heavy atom. The molecule has 0 amide bonds. The fourth-order valence-electron chi connectivity index (χ4n) is 2.24. The first-order chi connectivity index (χ1) is 10.3. The van der Waals surface area contributed by atoms with Crippen LogP contribution in [0.5, 0.6) is 5.75 Å². The Morgan fingerprint density at radius 2 is 1.81 bits per heavy atom. The van der Waals surface area contributed by atoms with Gasteiger partial charge in [-0.15, -0.1) is 0 Å². The van der Waals surface area contributed by atoms with Gasteiger partial charge in [-0.05, 0) is 11.6 Å². The lowest BCUT2D eigenvalue weighted by atomic mass is 10.0. The Labute approximate surface area is 124 Å². The van der Waals surface area contributed by atoms with Gasteiger partial charge in [0.15, 0.2) is 0 Å². The van der Waals surface area contributed by atoms with Crippen molar-refractivity contribution in [1.29, 1.82) is 5.26 Å². The maximum atomic E-state index is 9.59. The van der Waals surface area contributed by atoms with Gasteiger partial charge in [-0.2, -0.15) is 5.26 Å². The van der Waals surface area contributed by atoms with Crippen LogP contribution in [-0.2, 0) is 0 Å². The summed E-state index contributed by atoms with van der Waals surface area (Å²) < 4.78 is 5.30. The van der Waals surface area contributed by atoms with E-state index in [9.17, 15) is 10.4 Å². The van der Waals surface area contributed by atoms with Crippen molar-refractivity contribution in [2.45, 2.75) is 12.1 Å². The van der Waals surface area contributed by atoms with E-state index in [-0.39, 0.29) is 12.6 Å². The number of hydrogen-bond donors (Lipinski definition) is 2. The van der Waals surface area contributed by atoms with Crippen molar-refractivity contribution in [2.75, 3.05) is 13.7 Å². The van der Waals surface area contributed by atoms with E-state index in [0.29, 0.717) is 5.75 Å². The first-order valence-electron chi connectivity index (χ1n) is 6.74. The summed E-state index contributed by atoms with van der Waals surface area (Å²) >= 11 is 0. The monoisotopic (exact) mass is 282 g/mol. The number of aliphatic hydroxyl groups excluding tert-OH is 1. The molecule has 0 aliphatic heterocycles. The van der Waals surface area contributed by atoms with Crippen molar-refractivity contribution in [1.82, 2.24) is 5.32 Å². The maximum absolute atomic E-state index is 9.59. The lowest BCUT2D eigenvalue weighted by Crippen LogP contribution is -2.28. The highest BCUT2D eigenvalue weighted by Gasteiger charge is 2.20. The molecule has 108 valence electrons. The van der Waals surface area contributed by atoms with Crippen LogP contribution < -0.4 is 10.1 Å². The van der Waals surface area contributed by atoms with Crippen LogP contribution in [0.3, 0.4) is 0 Å². The van der Waals surface area contributed by atoms with Crippen molar-refractivity contribution < 1.29 is 9.84 Å². The van der Waals surface area contributed by atoms with Gasteiger partial charge in [-0.25, -0.2) is 0 Å². The second-order valence-corrected chi connectivity index (χ2v) is 4.62. The Bertz CT molecular complexity index is 608. The van der Waals surface area contributed by atoms with Gasteiger partial charge in [0.25, 0.3) is 0 Å². The van der Waals surface area contributed by atoms with Gasteiger partial charge >= 0.3 is 0 Å². The summed E-state index contributed by atoms with van der Waals surface area (Å²) in [5.74, 6) is 0.654. The van der Waals surface area contributed by atoms with Crippen molar-refractivity contribution >= 4 is 0 Å². The molecule has 2 N–H and O–H groups in total. The molecule has 0 saturated carbocycles. The van der Waals surface area contributed by atoms with Gasteiger partial charge < -0.3 is 9.84 Å². The topological polar surface area (TPSA) is 65.3 Å². The van der Waals surface area contributed by atoms with Crippen LogP contribution in [-0.4, -0.2) is 18.8 Å². The molecule has 2 atom stereocenters. The van der Waals surface area contributed by atoms with Gasteiger partial charge in [0.05, 0.1) is 25.8 Å². The highest BCUT2D eigenvalue weighted by atomic mass is 16.5. The summed E-state index contributed by atoms with van der Waals surface area (Å²) in [6.07, 6.45) is 0. The van der Waals surface area contributed by atoms with Crippen LogP contribution in [0, 0.1) is 11.3 Å². The minimum Gasteiger partial charge on any atom is -0.496 e. The van der Waals surface area contributed by atoms with E-state index in [2.05, 4.69) is 11.4 Å². The number of aliphatic hydroxyl groups is 1. The number of nitriles is 1. The van der Waals surface area contributed by atoms with Gasteiger partial charge in [0, 0.05) is 5.56 Å². The molecule has 0 saturated heterocycles. The second kappa shape index (κ2) is 7.44. The molecule has 2 aromatic rings. The average molecular weight is 282 g/mol. The van der Waals surface area contributed by atoms with E-state index >= 15 is 0 Å². The zero-order chi connectivity index (χ0) is 15.1. The first-order valence-corrected chi connectivity index (χ1v) is 6.74. The maximum Gasteiger partial charge on any atom is 0.125 e. The van der Waals surface area contributed by atoms with Crippen LogP contribution >= 0.6 is 0 Å². The number of benzene rings is 2. The lowest BCUT2D eigenvalue weighted by Gasteiger charge is -2.22. The van der Waals surface area contributed by atoms with E-state index < -0.39 is 6.04 Å². The van der Waals surface area contributed by atoms with Crippen LogP contribution in [0.15, 0.2) is 54.6 Å². The van der Waals surface area contributed by atoms with Crippen molar-refractivity contribution in [3.8, 4) is 11.8 Å². The summed E-state index contributed by atoms with van der Waals surface area (Å²) in [6, 6.07) is 18.3. The van der Waals surface area contributed by atoms with Gasteiger partial charge in [-0.3, -0.25) is 5.32 Å². The molecule has 0 heterocycles. The Hall–Kier alpha value is -2.35. The number of nitrogens with one attached hydrogen (secondary N) is 1. The third-order valence-corrected chi connectivity index (χ3v) is 3.33. The minimum absolute atomic E-state index is 0.0860. The summed E-state index contributed by atoms with van der Waals surface area (Å²) in [5, 5.41) is 22.2. The average Bonchev–Trinajstić information content (AvgIpc) is 2.57. The molecule has 0 aliphatic carbocycles. The second-order valence-electron chi connectivity index (χ2n) is 4.62. The standard InChI is InChI=1S/C17H18N2O2/c1-21-17-10-6-5-9-14(17)15(11-18)19-16(12-20)13-7-3-2-4-8-13/h2-10,15-16,19-20H,12H2,1H3/t15-,16-/m0/s1. The van der Waals surface area contributed by atoms with Crippen molar-refractivity contribution in [2.24, 2.45) is 0 Å². The fourth-order valence-corrected chi connectivity index (χ4v) is 2.24. The molecular formula is C17H18N2O2. The molecule has 21 heavy (non-hydrogen) atoms. The summed E-state index contributed by atoms with van der Waals surface area (Å²) in [6.45, 7) is -0.0860. The molecule has 0 spiro atoms. The molecule has 0 fully saturated rings. The Balaban J connectivity index is 2.24. The normalized spacial score (nSPS) is 13.2. The number of hydrogen-bond acceptors (Lipinski definition) is 4. The SMILES string of the molecule is COc1ccccc1[C@H](C#N)N[C@@H](CO)c1ccccc1. The molecule has 0 radical (unpaired) electrons. The molecular weight excluding hydrogens is 264 g/mol. The zero-order valence-corrected chi connectivity index (χ0v) is 11.9. The van der Waals surface area contributed by atoms with E-state index in [1.165, 1.54) is 0 Å². The molecule has 4 heteroatoms. The number of para-hydroxylation sites is 1. The summed E-state index contributed by atoms with van der Waals surface area (Å²) in [7, 11) is 1.58. The molecule has 2 rings (SSSR count). The van der Waals surface area contributed by atoms with Gasteiger partial charge in [0.1, 0.15) is 11.8 Å². The third kappa shape index (κ3) is 3.60. The van der Waals surface area contributed by atoms with Crippen LogP contribution in [0.4, 0.5) is 0 Å². The predicted molar refractivity (Wildman–Crippen MR) is 80.8 cm³/mol. The fraction of sp³-hybridized carbons (Fsp3) is 0.235. The van der Waals surface area contributed by atoms with Crippen LogP contribution in [0.1, 0.15) is 23.2 Å². The van der Waals surface area contributed by atoms with E-state index in [1.54, 1.807) is 7.11 Å². The summed E-state index contributed by atoms with van der Waals surface area (Å²) in [4.78, 5) is 0. The third-order valence-electron chi connectivity index (χ3n) is 3.33. The molecule has 0 bridgehead atoms. The number of methoxy groups -OCH3 is 1. The Morgan fingerprint density at radius 1 is 1.14 bits per heavy atom. The number of rotatable bonds is 6. The molecule has 4 nitrogen and oxygen atoms in total.